The fraction of sp³-hybridized carbons (Fsp3) is 0.263. The number of hydrogen-bond donors (Lipinski definition) is 0. The number of halogens is 1. The SMILES string of the molecule is CN(C)C/C(Cl)=C/CCP(=O)(c1ccccc1)c1ccccc1. The van der Waals surface area contributed by atoms with Crippen LogP contribution in [0.5, 0.6) is 0 Å². The number of hydrogen-bond acceptors (Lipinski definition) is 2. The van der Waals surface area contributed by atoms with Gasteiger partial charge < -0.3 is 9.46 Å². The molecule has 2 nitrogen and oxygen atoms in total. The first-order valence-corrected chi connectivity index (χ1v) is 9.99. The minimum absolute atomic E-state index is 0.588. The lowest BCUT2D eigenvalue weighted by Gasteiger charge is -2.19. The third kappa shape index (κ3) is 5.07. The van der Waals surface area contributed by atoms with Gasteiger partial charge in [-0.1, -0.05) is 78.3 Å². The number of rotatable bonds is 7. The van der Waals surface area contributed by atoms with E-state index >= 15 is 0 Å². The highest BCUT2D eigenvalue weighted by Crippen LogP contribution is 2.44. The van der Waals surface area contributed by atoms with E-state index < -0.39 is 7.14 Å². The van der Waals surface area contributed by atoms with Crippen LogP contribution >= 0.6 is 18.7 Å². The zero-order chi connectivity index (χ0) is 16.7. The summed E-state index contributed by atoms with van der Waals surface area (Å²) < 4.78 is 13.7. The van der Waals surface area contributed by atoms with Crippen molar-refractivity contribution in [2.24, 2.45) is 0 Å². The van der Waals surface area contributed by atoms with E-state index in [0.29, 0.717) is 19.1 Å². The smallest absolute Gasteiger partial charge is 0.143 e. The van der Waals surface area contributed by atoms with E-state index in [4.69, 9.17) is 11.6 Å². The van der Waals surface area contributed by atoms with Crippen LogP contribution in [-0.4, -0.2) is 31.7 Å². The Kier molecular flexibility index (Phi) is 6.65. The van der Waals surface area contributed by atoms with Crippen molar-refractivity contribution >= 4 is 29.4 Å². The topological polar surface area (TPSA) is 20.3 Å². The molecule has 2 aromatic rings. The van der Waals surface area contributed by atoms with E-state index in [1.807, 2.05) is 85.7 Å². The molecule has 0 N–H and O–H groups in total. The summed E-state index contributed by atoms with van der Waals surface area (Å²) in [7, 11) is 1.33. The Morgan fingerprint density at radius 2 is 1.48 bits per heavy atom. The van der Waals surface area contributed by atoms with Gasteiger partial charge in [0.2, 0.25) is 0 Å². The van der Waals surface area contributed by atoms with Crippen LogP contribution in [0.1, 0.15) is 6.42 Å². The summed E-state index contributed by atoms with van der Waals surface area (Å²) in [6.45, 7) is 0.711. The molecule has 2 rings (SSSR count). The predicted octanol–water partition coefficient (Wildman–Crippen LogP) is 4.07. The summed E-state index contributed by atoms with van der Waals surface area (Å²) in [5.41, 5.74) is 0. The summed E-state index contributed by atoms with van der Waals surface area (Å²) in [6, 6.07) is 19.5. The molecular formula is C19H23ClNOP. The van der Waals surface area contributed by atoms with Crippen molar-refractivity contribution in [3.05, 3.63) is 71.8 Å². The largest absolute Gasteiger partial charge is 0.314 e. The van der Waals surface area contributed by atoms with E-state index in [0.717, 1.165) is 15.6 Å². The van der Waals surface area contributed by atoms with E-state index in [1.54, 1.807) is 0 Å². The van der Waals surface area contributed by atoms with Gasteiger partial charge in [-0.05, 0) is 20.5 Å². The second kappa shape index (κ2) is 8.49. The molecule has 0 atom stereocenters. The summed E-state index contributed by atoms with van der Waals surface area (Å²) in [6.07, 6.45) is 3.28. The number of allylic oxidation sites excluding steroid dienone is 1. The van der Waals surface area contributed by atoms with Crippen molar-refractivity contribution in [1.82, 2.24) is 4.90 Å². The molecule has 0 amide bonds. The van der Waals surface area contributed by atoms with Crippen LogP contribution in [0.4, 0.5) is 0 Å². The monoisotopic (exact) mass is 347 g/mol. The first-order valence-electron chi connectivity index (χ1n) is 7.72. The van der Waals surface area contributed by atoms with Gasteiger partial charge in [0.1, 0.15) is 7.14 Å². The van der Waals surface area contributed by atoms with Gasteiger partial charge in [-0.25, -0.2) is 0 Å². The maximum atomic E-state index is 13.7. The minimum Gasteiger partial charge on any atom is -0.314 e. The lowest BCUT2D eigenvalue weighted by Crippen LogP contribution is -2.18. The average molecular weight is 348 g/mol. The highest BCUT2D eigenvalue weighted by atomic mass is 35.5. The molecule has 0 fully saturated rings. The van der Waals surface area contributed by atoms with E-state index in [2.05, 4.69) is 0 Å². The second-order valence-corrected chi connectivity index (χ2v) is 9.26. The van der Waals surface area contributed by atoms with Crippen LogP contribution in [0.3, 0.4) is 0 Å². The van der Waals surface area contributed by atoms with Gasteiger partial charge in [-0.3, -0.25) is 0 Å². The van der Waals surface area contributed by atoms with Crippen molar-refractivity contribution < 1.29 is 4.57 Å². The highest BCUT2D eigenvalue weighted by Gasteiger charge is 2.25. The normalized spacial score (nSPS) is 12.6. The Labute approximate surface area is 144 Å². The molecule has 0 aliphatic carbocycles. The molecule has 0 bridgehead atoms. The lowest BCUT2D eigenvalue weighted by atomic mass is 10.4. The van der Waals surface area contributed by atoms with Gasteiger partial charge >= 0.3 is 0 Å². The maximum Gasteiger partial charge on any atom is 0.143 e. The molecule has 2 aromatic carbocycles. The Balaban J connectivity index is 2.24. The van der Waals surface area contributed by atoms with Crippen molar-refractivity contribution in [3.8, 4) is 0 Å². The molecular weight excluding hydrogens is 325 g/mol. The van der Waals surface area contributed by atoms with Crippen molar-refractivity contribution in [3.63, 3.8) is 0 Å². The van der Waals surface area contributed by atoms with Gasteiger partial charge in [0, 0.05) is 28.3 Å². The van der Waals surface area contributed by atoms with E-state index in [1.165, 1.54) is 0 Å². The fourth-order valence-electron chi connectivity index (χ4n) is 2.51. The zero-order valence-electron chi connectivity index (χ0n) is 13.7. The quantitative estimate of drug-likeness (QED) is 0.703. The van der Waals surface area contributed by atoms with E-state index in [-0.39, 0.29) is 0 Å². The molecule has 0 heterocycles. The molecule has 0 unspecified atom stereocenters. The molecule has 0 aliphatic heterocycles. The number of benzene rings is 2. The number of nitrogens with zero attached hydrogens (tertiary/aromatic N) is 1. The van der Waals surface area contributed by atoms with Crippen LogP contribution < -0.4 is 10.6 Å². The maximum absolute atomic E-state index is 13.7. The van der Waals surface area contributed by atoms with Gasteiger partial charge in [0.15, 0.2) is 0 Å². The number of likely N-dealkylation sites (N-methyl/N-ethyl adjacent to an activating group) is 1. The van der Waals surface area contributed by atoms with Crippen molar-refractivity contribution in [2.45, 2.75) is 6.42 Å². The third-order valence-electron chi connectivity index (χ3n) is 3.62. The molecule has 23 heavy (non-hydrogen) atoms. The van der Waals surface area contributed by atoms with Gasteiger partial charge in [-0.15, -0.1) is 0 Å². The third-order valence-corrected chi connectivity index (χ3v) is 7.05. The second-order valence-electron chi connectivity index (χ2n) is 5.81. The van der Waals surface area contributed by atoms with Gasteiger partial charge in [0.05, 0.1) is 0 Å². The molecule has 122 valence electrons. The Bertz CT molecular complexity index is 640. The summed E-state index contributed by atoms with van der Waals surface area (Å²) in [4.78, 5) is 2.02. The fourth-order valence-corrected chi connectivity index (χ4v) is 5.48. The predicted molar refractivity (Wildman–Crippen MR) is 102 cm³/mol. The summed E-state index contributed by atoms with van der Waals surface area (Å²) in [5, 5.41) is 2.61. The molecule has 0 aromatic heterocycles. The molecule has 0 radical (unpaired) electrons. The first kappa shape index (κ1) is 18.0. The van der Waals surface area contributed by atoms with Crippen molar-refractivity contribution in [2.75, 3.05) is 26.8 Å². The Hall–Kier alpha value is -1.34. The standard InChI is InChI=1S/C19H23ClNOP/c1-21(2)16-17(20)10-9-15-23(22,18-11-5-3-6-12-18)19-13-7-4-8-14-19/h3-8,10-14H,9,15-16H2,1-2H3/b17-10-. The molecule has 0 spiro atoms. The van der Waals surface area contributed by atoms with Crippen LogP contribution in [-0.2, 0) is 4.57 Å². The average Bonchev–Trinajstić information content (AvgIpc) is 2.55. The Morgan fingerprint density at radius 3 is 1.91 bits per heavy atom. The minimum atomic E-state index is -2.63. The van der Waals surface area contributed by atoms with Gasteiger partial charge in [0.25, 0.3) is 0 Å². The Morgan fingerprint density at radius 1 is 1.00 bits per heavy atom. The lowest BCUT2D eigenvalue weighted by molar-refractivity contribution is 0.452. The van der Waals surface area contributed by atoms with Crippen LogP contribution in [0.25, 0.3) is 0 Å². The van der Waals surface area contributed by atoms with Crippen molar-refractivity contribution in [1.29, 1.82) is 0 Å². The molecule has 4 heteroatoms. The van der Waals surface area contributed by atoms with Gasteiger partial charge in [-0.2, -0.15) is 0 Å². The highest BCUT2D eigenvalue weighted by molar-refractivity contribution is 7.78. The van der Waals surface area contributed by atoms with Crippen LogP contribution in [0.2, 0.25) is 0 Å². The molecule has 0 saturated carbocycles. The van der Waals surface area contributed by atoms with Crippen LogP contribution in [0.15, 0.2) is 71.8 Å². The molecule has 0 saturated heterocycles. The first-order chi connectivity index (χ1) is 11.0. The van der Waals surface area contributed by atoms with Crippen LogP contribution in [0, 0.1) is 0 Å². The van der Waals surface area contributed by atoms with E-state index in [9.17, 15) is 4.57 Å². The summed E-state index contributed by atoms with van der Waals surface area (Å²) in [5.74, 6) is 0. The zero-order valence-corrected chi connectivity index (χ0v) is 15.3. The summed E-state index contributed by atoms with van der Waals surface area (Å²) >= 11 is 6.23. The molecule has 0 aliphatic rings.